The molecular weight excluding hydrogens is 374 g/mol. The van der Waals surface area contributed by atoms with Crippen LogP contribution in [0.5, 0.6) is 0 Å². The highest BCUT2D eigenvalue weighted by Crippen LogP contribution is 2.19. The maximum absolute atomic E-state index is 12.5. The van der Waals surface area contributed by atoms with Crippen molar-refractivity contribution in [1.29, 1.82) is 0 Å². The molecule has 1 aliphatic rings. The number of likely N-dealkylation sites (tertiary alicyclic amines) is 1. The van der Waals surface area contributed by atoms with Gasteiger partial charge in [-0.25, -0.2) is 0 Å². The predicted molar refractivity (Wildman–Crippen MR) is 108 cm³/mol. The molecule has 0 spiro atoms. The van der Waals surface area contributed by atoms with Gasteiger partial charge in [-0.2, -0.15) is 0 Å². The van der Waals surface area contributed by atoms with E-state index in [2.05, 4.69) is 5.32 Å². The molecule has 1 heterocycles. The Hall–Kier alpha value is -2.90. The Labute approximate surface area is 171 Å². The Bertz CT molecular complexity index is 739. The minimum absolute atomic E-state index is 0.00683. The molecule has 0 saturated carbocycles. The number of anilines is 1. The summed E-state index contributed by atoms with van der Waals surface area (Å²) >= 11 is 0. The van der Waals surface area contributed by atoms with E-state index in [9.17, 15) is 19.2 Å². The first-order valence-electron chi connectivity index (χ1n) is 9.85. The Morgan fingerprint density at radius 2 is 1.76 bits per heavy atom. The van der Waals surface area contributed by atoms with Crippen LogP contribution in [0, 0.1) is 5.92 Å². The van der Waals surface area contributed by atoms with Gasteiger partial charge < -0.3 is 19.9 Å². The van der Waals surface area contributed by atoms with Gasteiger partial charge >= 0.3 is 5.97 Å². The lowest BCUT2D eigenvalue weighted by Crippen LogP contribution is -2.45. The lowest BCUT2D eigenvalue weighted by atomic mass is 9.97. The van der Waals surface area contributed by atoms with E-state index in [1.807, 2.05) is 0 Å². The Balaban J connectivity index is 1.79. The van der Waals surface area contributed by atoms with Gasteiger partial charge in [-0.1, -0.05) is 12.1 Å². The number of benzene rings is 1. The van der Waals surface area contributed by atoms with Gasteiger partial charge in [-0.05, 0) is 37.5 Å². The number of esters is 1. The van der Waals surface area contributed by atoms with Crippen molar-refractivity contribution in [3.8, 4) is 0 Å². The highest BCUT2D eigenvalue weighted by Gasteiger charge is 2.28. The van der Waals surface area contributed by atoms with E-state index in [4.69, 9.17) is 4.74 Å². The van der Waals surface area contributed by atoms with Crippen molar-refractivity contribution >= 4 is 29.4 Å². The first-order valence-corrected chi connectivity index (χ1v) is 9.85. The number of hydrogen-bond acceptors (Lipinski definition) is 5. The summed E-state index contributed by atoms with van der Waals surface area (Å²) in [6, 6.07) is 7.03. The second-order valence-corrected chi connectivity index (χ2v) is 7.21. The van der Waals surface area contributed by atoms with E-state index in [1.165, 1.54) is 11.8 Å². The molecule has 1 aromatic carbocycles. The first-order chi connectivity index (χ1) is 13.8. The molecule has 0 bridgehead atoms. The average molecular weight is 403 g/mol. The molecule has 0 aromatic heterocycles. The van der Waals surface area contributed by atoms with Crippen LogP contribution in [0.15, 0.2) is 24.3 Å². The van der Waals surface area contributed by atoms with Crippen molar-refractivity contribution in [3.05, 3.63) is 29.8 Å². The second kappa shape index (κ2) is 10.6. The van der Waals surface area contributed by atoms with Crippen LogP contribution in [0.25, 0.3) is 0 Å². The topological polar surface area (TPSA) is 96.0 Å². The molecule has 1 fully saturated rings. The Kier molecular flexibility index (Phi) is 8.18. The number of carbonyl (C=O) groups is 4. The molecule has 8 nitrogen and oxygen atoms in total. The summed E-state index contributed by atoms with van der Waals surface area (Å²) in [6.45, 7) is 4.57. The molecule has 1 aliphatic heterocycles. The van der Waals surface area contributed by atoms with Crippen molar-refractivity contribution < 1.29 is 23.9 Å². The Morgan fingerprint density at radius 1 is 1.14 bits per heavy atom. The van der Waals surface area contributed by atoms with Crippen LogP contribution in [-0.4, -0.2) is 66.8 Å². The van der Waals surface area contributed by atoms with Crippen LogP contribution >= 0.6 is 0 Å². The van der Waals surface area contributed by atoms with E-state index >= 15 is 0 Å². The van der Waals surface area contributed by atoms with Crippen LogP contribution in [0.3, 0.4) is 0 Å². The fourth-order valence-corrected chi connectivity index (χ4v) is 3.23. The smallest absolute Gasteiger partial charge is 0.309 e. The molecule has 8 heteroatoms. The minimum Gasteiger partial charge on any atom is -0.466 e. The van der Waals surface area contributed by atoms with Gasteiger partial charge in [-0.3, -0.25) is 19.2 Å². The van der Waals surface area contributed by atoms with Crippen LogP contribution < -0.4 is 5.32 Å². The largest absolute Gasteiger partial charge is 0.466 e. The van der Waals surface area contributed by atoms with Crippen molar-refractivity contribution in [3.63, 3.8) is 0 Å². The third-order valence-corrected chi connectivity index (χ3v) is 4.90. The zero-order chi connectivity index (χ0) is 21.4. The number of hydrogen-bond donors (Lipinski definition) is 1. The molecule has 2 rings (SSSR count). The van der Waals surface area contributed by atoms with Crippen molar-refractivity contribution in [2.24, 2.45) is 5.92 Å². The van der Waals surface area contributed by atoms with E-state index in [1.54, 1.807) is 43.1 Å². The normalized spacial score (nSPS) is 14.2. The molecular formula is C21H29N3O5. The van der Waals surface area contributed by atoms with Crippen molar-refractivity contribution in [2.45, 2.75) is 33.1 Å². The first kappa shape index (κ1) is 22.4. The molecule has 1 aromatic rings. The summed E-state index contributed by atoms with van der Waals surface area (Å²) in [6.07, 6.45) is 1.35. The summed E-state index contributed by atoms with van der Waals surface area (Å²) in [5, 5.41) is 2.67. The SMILES string of the molecule is CCOC(=O)C1CCN(C(=O)CN(C)C(=O)Cc2ccc(NC(C)=O)cc2)CC1. The van der Waals surface area contributed by atoms with Crippen LogP contribution in [-0.2, 0) is 30.3 Å². The second-order valence-electron chi connectivity index (χ2n) is 7.21. The van der Waals surface area contributed by atoms with Crippen LogP contribution in [0.4, 0.5) is 5.69 Å². The summed E-state index contributed by atoms with van der Waals surface area (Å²) in [4.78, 5) is 50.9. The number of nitrogens with one attached hydrogen (secondary N) is 1. The van der Waals surface area contributed by atoms with E-state index < -0.39 is 0 Å². The molecule has 1 saturated heterocycles. The van der Waals surface area contributed by atoms with Crippen LogP contribution in [0.1, 0.15) is 32.3 Å². The summed E-state index contributed by atoms with van der Waals surface area (Å²) in [5.41, 5.74) is 1.47. The minimum atomic E-state index is -0.198. The monoisotopic (exact) mass is 403 g/mol. The number of amides is 3. The summed E-state index contributed by atoms with van der Waals surface area (Å²) in [5.74, 6) is -0.787. The van der Waals surface area contributed by atoms with Gasteiger partial charge in [-0.15, -0.1) is 0 Å². The van der Waals surface area contributed by atoms with Gasteiger partial charge in [0.05, 0.1) is 25.5 Å². The molecule has 0 aliphatic carbocycles. The molecule has 0 radical (unpaired) electrons. The standard InChI is InChI=1S/C21H29N3O5/c1-4-29-21(28)17-9-11-24(12-10-17)20(27)14-23(3)19(26)13-16-5-7-18(8-6-16)22-15(2)25/h5-8,17H,4,9-14H2,1-3H3,(H,22,25). The highest BCUT2D eigenvalue weighted by atomic mass is 16.5. The lowest BCUT2D eigenvalue weighted by Gasteiger charge is -2.32. The molecule has 29 heavy (non-hydrogen) atoms. The van der Waals surface area contributed by atoms with Gasteiger partial charge in [0.1, 0.15) is 0 Å². The zero-order valence-corrected chi connectivity index (χ0v) is 17.3. The lowest BCUT2D eigenvalue weighted by molar-refractivity contribution is -0.151. The van der Waals surface area contributed by atoms with Crippen molar-refractivity contribution in [2.75, 3.05) is 38.6 Å². The maximum atomic E-state index is 12.5. The number of nitrogens with zero attached hydrogens (tertiary/aromatic N) is 2. The van der Waals surface area contributed by atoms with Crippen LogP contribution in [0.2, 0.25) is 0 Å². The fourth-order valence-electron chi connectivity index (χ4n) is 3.23. The molecule has 0 unspecified atom stereocenters. The number of carbonyl (C=O) groups excluding carboxylic acids is 4. The zero-order valence-electron chi connectivity index (χ0n) is 17.3. The highest BCUT2D eigenvalue weighted by molar-refractivity contribution is 5.89. The molecule has 3 amide bonds. The average Bonchev–Trinajstić information content (AvgIpc) is 2.69. The van der Waals surface area contributed by atoms with E-state index in [0.717, 1.165) is 5.56 Å². The predicted octanol–water partition coefficient (Wildman–Crippen LogP) is 1.45. The van der Waals surface area contributed by atoms with Gasteiger partial charge in [0.2, 0.25) is 17.7 Å². The number of likely N-dealkylation sites (N-methyl/N-ethyl adjacent to an activating group) is 1. The van der Waals surface area contributed by atoms with Gasteiger partial charge in [0.25, 0.3) is 0 Å². The third kappa shape index (κ3) is 6.89. The van der Waals surface area contributed by atoms with E-state index in [-0.39, 0.29) is 42.6 Å². The molecule has 0 atom stereocenters. The third-order valence-electron chi connectivity index (χ3n) is 4.90. The molecule has 1 N–H and O–H groups in total. The quantitative estimate of drug-likeness (QED) is 0.695. The van der Waals surface area contributed by atoms with Gasteiger partial charge in [0, 0.05) is 32.7 Å². The fraction of sp³-hybridized carbons (Fsp3) is 0.524. The number of rotatable bonds is 7. The number of piperidine rings is 1. The van der Waals surface area contributed by atoms with Crippen molar-refractivity contribution in [1.82, 2.24) is 9.80 Å². The van der Waals surface area contributed by atoms with E-state index in [0.29, 0.717) is 38.2 Å². The summed E-state index contributed by atoms with van der Waals surface area (Å²) in [7, 11) is 1.61. The summed E-state index contributed by atoms with van der Waals surface area (Å²) < 4.78 is 5.04. The number of ether oxygens (including phenoxy) is 1. The maximum Gasteiger partial charge on any atom is 0.309 e. The van der Waals surface area contributed by atoms with Gasteiger partial charge in [0.15, 0.2) is 0 Å². The molecule has 158 valence electrons. The Morgan fingerprint density at radius 3 is 2.31 bits per heavy atom.